The van der Waals surface area contributed by atoms with Crippen molar-refractivity contribution in [1.29, 1.82) is 0 Å². The number of nitrogens with zero attached hydrogens (tertiary/aromatic N) is 1. The third-order valence-corrected chi connectivity index (χ3v) is 3.28. The second-order valence-electron chi connectivity index (χ2n) is 4.02. The van der Waals surface area contributed by atoms with Gasteiger partial charge < -0.3 is 9.88 Å². The van der Waals surface area contributed by atoms with Crippen LogP contribution in [0.15, 0.2) is 57.9 Å². The Labute approximate surface area is 115 Å². The number of benzene rings is 1. The van der Waals surface area contributed by atoms with Gasteiger partial charge in [-0.15, -0.1) is 0 Å². The molecule has 0 atom stereocenters. The molecule has 0 spiro atoms. The summed E-state index contributed by atoms with van der Waals surface area (Å²) in [6.07, 6.45) is 1.80. The Morgan fingerprint density at radius 3 is 2.67 bits per heavy atom. The Kier molecular flexibility index (Phi) is 4.73. The van der Waals surface area contributed by atoms with Crippen molar-refractivity contribution in [2.45, 2.75) is 13.1 Å². The third-order valence-electron chi connectivity index (χ3n) is 2.68. The van der Waals surface area contributed by atoms with Crippen LogP contribution in [0.5, 0.6) is 0 Å². The summed E-state index contributed by atoms with van der Waals surface area (Å²) in [7, 11) is 0. The van der Waals surface area contributed by atoms with Crippen LogP contribution in [0.25, 0.3) is 0 Å². The van der Waals surface area contributed by atoms with Gasteiger partial charge in [0.15, 0.2) is 0 Å². The molecule has 0 aliphatic rings. The second kappa shape index (κ2) is 6.52. The first-order valence-corrected chi connectivity index (χ1v) is 6.66. The predicted octanol–water partition coefficient (Wildman–Crippen LogP) is 2.40. The molecule has 0 radical (unpaired) electrons. The number of pyridine rings is 1. The van der Waals surface area contributed by atoms with Crippen molar-refractivity contribution in [1.82, 2.24) is 9.88 Å². The van der Waals surface area contributed by atoms with E-state index < -0.39 is 0 Å². The van der Waals surface area contributed by atoms with Gasteiger partial charge in [-0.3, -0.25) is 4.79 Å². The molecule has 1 N–H and O–H groups in total. The average molecular weight is 307 g/mol. The first-order chi connectivity index (χ1) is 8.77. The molecule has 0 amide bonds. The molecule has 3 nitrogen and oxygen atoms in total. The molecule has 1 aromatic carbocycles. The van der Waals surface area contributed by atoms with Crippen molar-refractivity contribution in [3.05, 3.63) is 69.1 Å². The van der Waals surface area contributed by atoms with Crippen molar-refractivity contribution in [2.24, 2.45) is 0 Å². The molecule has 0 fully saturated rings. The fourth-order valence-corrected chi connectivity index (χ4v) is 2.09. The Morgan fingerprint density at radius 1 is 1.11 bits per heavy atom. The molecule has 1 aromatic heterocycles. The van der Waals surface area contributed by atoms with E-state index in [-0.39, 0.29) is 5.56 Å². The number of hydrogen-bond donors (Lipinski definition) is 1. The number of halogens is 1. The van der Waals surface area contributed by atoms with E-state index in [1.165, 1.54) is 5.56 Å². The minimum absolute atomic E-state index is 0.0130. The molecule has 0 saturated carbocycles. The first-order valence-electron chi connectivity index (χ1n) is 5.87. The lowest BCUT2D eigenvalue weighted by molar-refractivity contribution is 0.584. The van der Waals surface area contributed by atoms with E-state index in [0.717, 1.165) is 13.1 Å². The largest absolute Gasteiger partial charge is 0.313 e. The fourth-order valence-electron chi connectivity index (χ4n) is 1.71. The second-order valence-corrected chi connectivity index (χ2v) is 4.87. The van der Waals surface area contributed by atoms with Gasteiger partial charge in [-0.1, -0.05) is 30.3 Å². The summed E-state index contributed by atoms with van der Waals surface area (Å²) in [6, 6.07) is 13.8. The van der Waals surface area contributed by atoms with E-state index in [1.54, 1.807) is 16.8 Å². The van der Waals surface area contributed by atoms with Crippen molar-refractivity contribution >= 4 is 15.9 Å². The van der Waals surface area contributed by atoms with Gasteiger partial charge in [0.05, 0.1) is 4.47 Å². The SMILES string of the molecule is O=c1c(Br)cccn1CCNCc1ccccc1. The maximum absolute atomic E-state index is 11.7. The molecule has 0 unspecified atom stereocenters. The van der Waals surface area contributed by atoms with Gasteiger partial charge in [0, 0.05) is 25.8 Å². The molecule has 1 heterocycles. The molecule has 2 rings (SSSR count). The van der Waals surface area contributed by atoms with Crippen LogP contribution in [0.4, 0.5) is 0 Å². The van der Waals surface area contributed by atoms with E-state index in [9.17, 15) is 4.79 Å². The Bertz CT molecular complexity index is 551. The van der Waals surface area contributed by atoms with Crippen LogP contribution in [-0.4, -0.2) is 11.1 Å². The molecular formula is C14H15BrN2O. The van der Waals surface area contributed by atoms with Gasteiger partial charge in [-0.05, 0) is 33.6 Å². The van der Waals surface area contributed by atoms with Crippen LogP contribution in [0.2, 0.25) is 0 Å². The summed E-state index contributed by atoms with van der Waals surface area (Å²) in [5.41, 5.74) is 1.26. The number of nitrogens with one attached hydrogen (secondary N) is 1. The lowest BCUT2D eigenvalue weighted by Crippen LogP contribution is -2.26. The molecule has 0 saturated heterocycles. The molecule has 0 aliphatic heterocycles. The molecule has 0 bridgehead atoms. The lowest BCUT2D eigenvalue weighted by Gasteiger charge is -2.07. The van der Waals surface area contributed by atoms with Gasteiger partial charge in [-0.25, -0.2) is 0 Å². The van der Waals surface area contributed by atoms with E-state index in [4.69, 9.17) is 0 Å². The molecule has 94 valence electrons. The van der Waals surface area contributed by atoms with Crippen LogP contribution < -0.4 is 10.9 Å². The summed E-state index contributed by atoms with van der Waals surface area (Å²) >= 11 is 3.24. The van der Waals surface area contributed by atoms with Crippen LogP contribution in [0.3, 0.4) is 0 Å². The first kappa shape index (κ1) is 13.1. The molecule has 4 heteroatoms. The summed E-state index contributed by atoms with van der Waals surface area (Å²) in [6.45, 7) is 2.26. The van der Waals surface area contributed by atoms with Crippen LogP contribution in [0.1, 0.15) is 5.56 Å². The predicted molar refractivity (Wildman–Crippen MR) is 76.6 cm³/mol. The Morgan fingerprint density at radius 2 is 1.89 bits per heavy atom. The van der Waals surface area contributed by atoms with Crippen molar-refractivity contribution < 1.29 is 0 Å². The van der Waals surface area contributed by atoms with E-state index in [1.807, 2.05) is 24.3 Å². The maximum atomic E-state index is 11.7. The summed E-state index contributed by atoms with van der Waals surface area (Å²) in [4.78, 5) is 11.7. The van der Waals surface area contributed by atoms with Gasteiger partial charge in [0.1, 0.15) is 0 Å². The highest BCUT2D eigenvalue weighted by molar-refractivity contribution is 9.10. The highest BCUT2D eigenvalue weighted by Gasteiger charge is 1.99. The Hall–Kier alpha value is -1.39. The highest BCUT2D eigenvalue weighted by Crippen LogP contribution is 2.00. The topological polar surface area (TPSA) is 34.0 Å². The van der Waals surface area contributed by atoms with Crippen molar-refractivity contribution in [3.63, 3.8) is 0 Å². The van der Waals surface area contributed by atoms with E-state index >= 15 is 0 Å². The summed E-state index contributed by atoms with van der Waals surface area (Å²) < 4.78 is 2.30. The van der Waals surface area contributed by atoms with Gasteiger partial charge >= 0.3 is 0 Å². The normalized spacial score (nSPS) is 10.5. The standard InChI is InChI=1S/C14H15BrN2O/c15-13-7-4-9-17(14(13)18)10-8-16-11-12-5-2-1-3-6-12/h1-7,9,16H,8,10-11H2. The van der Waals surface area contributed by atoms with Gasteiger partial charge in [-0.2, -0.15) is 0 Å². The zero-order valence-corrected chi connectivity index (χ0v) is 11.6. The maximum Gasteiger partial charge on any atom is 0.264 e. The summed E-state index contributed by atoms with van der Waals surface area (Å²) in [5, 5.41) is 3.32. The molecule has 0 aliphatic carbocycles. The van der Waals surface area contributed by atoms with Gasteiger partial charge in [0.2, 0.25) is 0 Å². The van der Waals surface area contributed by atoms with Gasteiger partial charge in [0.25, 0.3) is 5.56 Å². The molecule has 2 aromatic rings. The summed E-state index contributed by atoms with van der Waals surface area (Å²) in [5.74, 6) is 0. The molecule has 18 heavy (non-hydrogen) atoms. The van der Waals surface area contributed by atoms with Crippen LogP contribution >= 0.6 is 15.9 Å². The number of aromatic nitrogens is 1. The smallest absolute Gasteiger partial charge is 0.264 e. The van der Waals surface area contributed by atoms with Crippen molar-refractivity contribution in [2.75, 3.05) is 6.54 Å². The van der Waals surface area contributed by atoms with Crippen LogP contribution in [0, 0.1) is 0 Å². The highest BCUT2D eigenvalue weighted by atomic mass is 79.9. The minimum Gasteiger partial charge on any atom is -0.313 e. The van der Waals surface area contributed by atoms with E-state index in [0.29, 0.717) is 11.0 Å². The Balaban J connectivity index is 1.82. The fraction of sp³-hybridized carbons (Fsp3) is 0.214. The minimum atomic E-state index is 0.0130. The zero-order chi connectivity index (χ0) is 12.8. The average Bonchev–Trinajstić information content (AvgIpc) is 2.40. The number of hydrogen-bond acceptors (Lipinski definition) is 2. The monoisotopic (exact) mass is 306 g/mol. The third kappa shape index (κ3) is 3.55. The van der Waals surface area contributed by atoms with E-state index in [2.05, 4.69) is 33.4 Å². The van der Waals surface area contributed by atoms with Crippen LogP contribution in [-0.2, 0) is 13.1 Å². The number of rotatable bonds is 5. The lowest BCUT2D eigenvalue weighted by atomic mass is 10.2. The quantitative estimate of drug-likeness (QED) is 0.861. The molecular weight excluding hydrogens is 292 g/mol. The van der Waals surface area contributed by atoms with Crippen molar-refractivity contribution in [3.8, 4) is 0 Å². The zero-order valence-electron chi connectivity index (χ0n) is 9.97.